The minimum atomic E-state index is -0.106. The van der Waals surface area contributed by atoms with Crippen molar-refractivity contribution in [3.63, 3.8) is 0 Å². The van der Waals surface area contributed by atoms with Gasteiger partial charge in [0.05, 0.1) is 0 Å². The van der Waals surface area contributed by atoms with Crippen molar-refractivity contribution in [2.45, 2.75) is 57.8 Å². The van der Waals surface area contributed by atoms with Gasteiger partial charge < -0.3 is 0 Å². The molecule has 0 nitrogen and oxygen atoms in total. The molecule has 135 heavy (non-hydrogen) atoms. The normalized spacial score (nSPS) is 13.3. The van der Waals surface area contributed by atoms with E-state index in [-0.39, 0.29) is 16.2 Å². The predicted octanol–water partition coefficient (Wildman–Crippen LogP) is 37.4. The topological polar surface area (TPSA) is 0 Å². The first-order valence-electron chi connectivity index (χ1n) is 47.6. The molecular weight excluding hydrogens is 1620 g/mol. The molecule has 0 atom stereocenters. The van der Waals surface area contributed by atoms with Crippen molar-refractivity contribution < 1.29 is 0 Å². The van der Waals surface area contributed by atoms with Crippen LogP contribution in [0.2, 0.25) is 0 Å². The molecule has 3 aliphatic rings. The van der Waals surface area contributed by atoms with Gasteiger partial charge in [0.15, 0.2) is 0 Å². The molecule has 27 rings (SSSR count). The van der Waals surface area contributed by atoms with Gasteiger partial charge in [-0.3, -0.25) is 0 Å². The van der Waals surface area contributed by atoms with E-state index in [4.69, 9.17) is 0 Å². The Morgan fingerprint density at radius 3 is 0.719 bits per heavy atom. The zero-order valence-electron chi connectivity index (χ0n) is 76.5. The maximum Gasteiger partial charge on any atom is 0.0165 e. The van der Waals surface area contributed by atoms with E-state index < -0.39 is 0 Å². The van der Waals surface area contributed by atoms with Crippen LogP contribution in [0.3, 0.4) is 0 Å². The van der Waals surface area contributed by atoms with Crippen LogP contribution in [0.25, 0.3) is 230 Å². The van der Waals surface area contributed by atoms with Crippen LogP contribution in [0.4, 0.5) is 0 Å². The SMILES string of the molecule is CC1(C)c2cc(-c3c4ccccc4c(-c4cccc(-c5ccccc5)c4)c4ccccc34)ccc2-c2c1ccc1ccccc21.CC1(C)c2cc(-c3c4ccccc4c(-c4cccc(-c5ccccc5)c4)c4ccccc34)ccc2-c2ccc3ccccc3c21.CC1(C)c2ccc(-c3c4ccccc4c(-c4cccc(-c5ccccc5)c4)c4ccccc34)cc2-c2ccc3ccccc3c21. The molecule has 24 aromatic rings. The molecule has 0 unspecified atom stereocenters. The third kappa shape index (κ3) is 13.1. The van der Waals surface area contributed by atoms with Gasteiger partial charge in [0, 0.05) is 16.2 Å². The summed E-state index contributed by atoms with van der Waals surface area (Å²) >= 11 is 0. The molecule has 0 N–H and O–H groups in total. The van der Waals surface area contributed by atoms with Crippen LogP contribution in [0, 0.1) is 0 Å². The maximum atomic E-state index is 2.48. The van der Waals surface area contributed by atoms with Crippen molar-refractivity contribution in [2.24, 2.45) is 0 Å². The Morgan fingerprint density at radius 1 is 0.119 bits per heavy atom. The van der Waals surface area contributed by atoms with Gasteiger partial charge in [0.1, 0.15) is 0 Å². The molecule has 0 bridgehead atoms. The first-order chi connectivity index (χ1) is 66.3. The summed E-state index contributed by atoms with van der Waals surface area (Å²) in [5.41, 5.74) is 39.2. The fraction of sp³-hybridized carbons (Fsp3) is 0.0667. The van der Waals surface area contributed by atoms with E-state index in [0.29, 0.717) is 0 Å². The van der Waals surface area contributed by atoms with Gasteiger partial charge in [-0.05, 0) is 300 Å². The summed E-state index contributed by atoms with van der Waals surface area (Å²) in [7, 11) is 0. The average molecular weight is 1720 g/mol. The Bertz CT molecular complexity index is 8820. The van der Waals surface area contributed by atoms with Crippen molar-refractivity contribution in [1.82, 2.24) is 0 Å². The number of hydrogen-bond acceptors (Lipinski definition) is 0. The lowest BCUT2D eigenvalue weighted by molar-refractivity contribution is 0.661. The van der Waals surface area contributed by atoms with Gasteiger partial charge >= 0.3 is 0 Å². The second-order valence-electron chi connectivity index (χ2n) is 38.6. The van der Waals surface area contributed by atoms with E-state index in [9.17, 15) is 0 Å². The van der Waals surface area contributed by atoms with Crippen molar-refractivity contribution in [3.8, 4) is 134 Å². The highest BCUT2D eigenvalue weighted by atomic mass is 14.4. The van der Waals surface area contributed by atoms with E-state index in [1.807, 2.05) is 0 Å². The smallest absolute Gasteiger partial charge is 0.0165 e. The summed E-state index contributed by atoms with van der Waals surface area (Å²) in [6.45, 7) is 14.3. The summed E-state index contributed by atoms with van der Waals surface area (Å²) in [5, 5.41) is 23.4. The molecule has 0 heterocycles. The standard InChI is InChI=1S/3C45H32/c1-45(2)41-28-33(24-25-35(41)40-26-23-30-15-6-7-18-34(30)44(40)45)43-38-21-10-8-19-36(38)42(37-20-9-11-22-39(37)43)32-17-12-16-31(27-32)29-13-4-3-5-14-29;1-45(2)40-26-24-30-15-6-7-18-34(30)44(40)39-25-23-33(28-41(39)45)43-37-21-10-8-19-35(37)42(36-20-9-11-22-38(36)43)32-17-12-16-31(27-32)29-13-4-3-5-14-29;1-45(2)41-26-24-33(28-40(41)39-25-23-30-15-6-7-18-34(30)44(39)45)43-37-21-10-8-19-35(37)42(36-20-9-11-22-38(36)43)32-17-12-16-31(27-32)29-13-4-3-5-14-29/h3*3-28H,1-2H3. The molecular formula is C135H96. The summed E-state index contributed by atoms with van der Waals surface area (Å²) in [4.78, 5) is 0. The Hall–Kier alpha value is -16.4. The monoisotopic (exact) mass is 1720 g/mol. The van der Waals surface area contributed by atoms with Crippen molar-refractivity contribution in [1.29, 1.82) is 0 Å². The highest BCUT2D eigenvalue weighted by Gasteiger charge is 2.41. The van der Waals surface area contributed by atoms with Crippen LogP contribution in [-0.4, -0.2) is 0 Å². The molecule has 0 saturated heterocycles. The van der Waals surface area contributed by atoms with Gasteiger partial charge in [-0.1, -0.05) is 478 Å². The zero-order chi connectivity index (χ0) is 90.4. The van der Waals surface area contributed by atoms with Gasteiger partial charge in [-0.15, -0.1) is 0 Å². The molecule has 24 aromatic carbocycles. The maximum absolute atomic E-state index is 2.48. The Kier molecular flexibility index (Phi) is 19.1. The van der Waals surface area contributed by atoms with Gasteiger partial charge in [0.2, 0.25) is 0 Å². The summed E-state index contributed by atoms with van der Waals surface area (Å²) in [6, 6.07) is 175. The van der Waals surface area contributed by atoms with Crippen molar-refractivity contribution in [2.75, 3.05) is 0 Å². The van der Waals surface area contributed by atoms with Crippen LogP contribution in [-0.2, 0) is 16.2 Å². The van der Waals surface area contributed by atoms with E-state index in [0.717, 1.165) is 0 Å². The molecule has 0 heteroatoms. The van der Waals surface area contributed by atoms with Crippen molar-refractivity contribution >= 4 is 97.0 Å². The van der Waals surface area contributed by atoms with E-state index in [1.54, 1.807) is 0 Å². The largest absolute Gasteiger partial charge is 0.0622 e. The minimum absolute atomic E-state index is 0.0676. The van der Waals surface area contributed by atoms with Gasteiger partial charge in [-0.25, -0.2) is 0 Å². The lowest BCUT2D eigenvalue weighted by Gasteiger charge is -2.24. The highest BCUT2D eigenvalue weighted by Crippen LogP contribution is 2.59. The average Bonchev–Trinajstić information content (AvgIpc) is 1.62. The minimum Gasteiger partial charge on any atom is -0.0622 e. The first-order valence-corrected chi connectivity index (χ1v) is 47.6. The summed E-state index contributed by atoms with van der Waals surface area (Å²) in [6.07, 6.45) is 0. The quantitative estimate of drug-likeness (QED) is 0.126. The fourth-order valence-corrected chi connectivity index (χ4v) is 23.9. The van der Waals surface area contributed by atoms with Crippen LogP contribution in [0.1, 0.15) is 74.9 Å². The van der Waals surface area contributed by atoms with Crippen LogP contribution in [0.15, 0.2) is 473 Å². The fourth-order valence-electron chi connectivity index (χ4n) is 23.9. The molecule has 0 fully saturated rings. The molecule has 0 radical (unpaired) electrons. The highest BCUT2D eigenvalue weighted by molar-refractivity contribution is 6.25. The predicted molar refractivity (Wildman–Crippen MR) is 578 cm³/mol. The van der Waals surface area contributed by atoms with Crippen LogP contribution >= 0.6 is 0 Å². The molecule has 636 valence electrons. The molecule has 3 aliphatic carbocycles. The number of rotatable bonds is 9. The van der Waals surface area contributed by atoms with E-state index in [1.165, 1.54) is 264 Å². The lowest BCUT2D eigenvalue weighted by atomic mass is 9.79. The zero-order valence-corrected chi connectivity index (χ0v) is 76.5. The molecule has 0 aliphatic heterocycles. The number of fused-ring (bicyclic) bond motifs is 21. The second kappa shape index (κ2) is 32.0. The molecule has 0 spiro atoms. The van der Waals surface area contributed by atoms with E-state index in [2.05, 4.69) is 515 Å². The van der Waals surface area contributed by atoms with Crippen LogP contribution < -0.4 is 0 Å². The van der Waals surface area contributed by atoms with Crippen LogP contribution in [0.5, 0.6) is 0 Å². The van der Waals surface area contributed by atoms with E-state index >= 15 is 0 Å². The molecule has 0 amide bonds. The Morgan fingerprint density at radius 2 is 0.356 bits per heavy atom. The first kappa shape index (κ1) is 80.7. The molecule has 0 saturated carbocycles. The van der Waals surface area contributed by atoms with Crippen molar-refractivity contribution in [3.05, 3.63) is 507 Å². The van der Waals surface area contributed by atoms with Gasteiger partial charge in [-0.2, -0.15) is 0 Å². The summed E-state index contributed by atoms with van der Waals surface area (Å²) < 4.78 is 0. The third-order valence-electron chi connectivity index (χ3n) is 30.1. The van der Waals surface area contributed by atoms with Gasteiger partial charge in [0.25, 0.3) is 0 Å². The second-order valence-corrected chi connectivity index (χ2v) is 38.6. The number of benzene rings is 24. The Labute approximate surface area is 789 Å². The number of hydrogen-bond donors (Lipinski definition) is 0. The Balaban J connectivity index is 0.000000108. The summed E-state index contributed by atoms with van der Waals surface area (Å²) in [5.74, 6) is 0. The molecule has 0 aromatic heterocycles. The third-order valence-corrected chi connectivity index (χ3v) is 30.1. The lowest BCUT2D eigenvalue weighted by Crippen LogP contribution is -2.15.